The van der Waals surface area contributed by atoms with Crippen LogP contribution in [-0.2, 0) is 0 Å². The van der Waals surface area contributed by atoms with Gasteiger partial charge in [-0.25, -0.2) is 9.18 Å². The minimum atomic E-state index is -0.591. The number of rotatable bonds is 8. The summed E-state index contributed by atoms with van der Waals surface area (Å²) in [6.07, 6.45) is 7.71. The van der Waals surface area contributed by atoms with Crippen LogP contribution in [0, 0.1) is 11.7 Å². The highest BCUT2D eigenvalue weighted by Gasteiger charge is 2.26. The standard InChI is InChI=1S/C34H38FN7O3S/c1-40-12-9-22(10-13-40)21-41-14-16-42(17-15-41)33(43)23-2-6-27(37-20-23)31-19-28-32(46-31)30(8-11-36-28)45-29-7-5-25(18-26(29)35)39-34(44)38-24-3-4-24/h2,5-8,11,18-20,22,24H,3-4,9-10,12-17,21H2,1H3,(H2,38,39,44). The third-order valence-electron chi connectivity index (χ3n) is 8.97. The Labute approximate surface area is 271 Å². The molecule has 0 radical (unpaired) electrons. The number of hydrogen-bond donors (Lipinski definition) is 2. The van der Waals surface area contributed by atoms with Crippen LogP contribution in [0.2, 0.25) is 0 Å². The lowest BCUT2D eigenvalue weighted by Gasteiger charge is -2.38. The molecule has 3 aliphatic rings. The van der Waals surface area contributed by atoms with Gasteiger partial charge in [0.05, 0.1) is 26.4 Å². The molecule has 12 heteroatoms. The van der Waals surface area contributed by atoms with Crippen molar-refractivity contribution in [2.45, 2.75) is 31.7 Å². The molecule has 7 rings (SSSR count). The molecule has 2 saturated heterocycles. The van der Waals surface area contributed by atoms with Gasteiger partial charge in [-0.15, -0.1) is 11.3 Å². The van der Waals surface area contributed by atoms with Crippen molar-refractivity contribution < 1.29 is 18.7 Å². The molecular weight excluding hydrogens is 605 g/mol. The molecule has 1 aromatic carbocycles. The van der Waals surface area contributed by atoms with Crippen molar-refractivity contribution in [2.24, 2.45) is 5.92 Å². The van der Waals surface area contributed by atoms with E-state index in [0.717, 1.165) is 66.8 Å². The average molecular weight is 644 g/mol. The van der Waals surface area contributed by atoms with Gasteiger partial charge in [-0.1, -0.05) is 0 Å². The number of thiophene rings is 1. The molecule has 0 atom stereocenters. The highest BCUT2D eigenvalue weighted by atomic mass is 32.1. The van der Waals surface area contributed by atoms with Crippen LogP contribution in [0.1, 0.15) is 36.0 Å². The van der Waals surface area contributed by atoms with Gasteiger partial charge in [0.2, 0.25) is 0 Å². The maximum Gasteiger partial charge on any atom is 0.319 e. The van der Waals surface area contributed by atoms with Crippen molar-refractivity contribution in [3.8, 4) is 22.1 Å². The zero-order chi connectivity index (χ0) is 31.6. The number of halogens is 1. The third kappa shape index (κ3) is 7.14. The number of piperidine rings is 1. The summed E-state index contributed by atoms with van der Waals surface area (Å²) in [5, 5.41) is 5.47. The van der Waals surface area contributed by atoms with E-state index in [1.807, 2.05) is 23.1 Å². The number of carbonyl (C=O) groups excluding carboxylic acids is 2. The first-order valence-corrected chi connectivity index (χ1v) is 16.8. The van der Waals surface area contributed by atoms with Crippen LogP contribution >= 0.6 is 11.3 Å². The van der Waals surface area contributed by atoms with Gasteiger partial charge >= 0.3 is 6.03 Å². The van der Waals surface area contributed by atoms with E-state index in [-0.39, 0.29) is 23.7 Å². The van der Waals surface area contributed by atoms with Gasteiger partial charge < -0.3 is 25.2 Å². The number of pyridine rings is 2. The number of anilines is 1. The summed E-state index contributed by atoms with van der Waals surface area (Å²) in [5.41, 5.74) is 2.35. The predicted molar refractivity (Wildman–Crippen MR) is 177 cm³/mol. The zero-order valence-corrected chi connectivity index (χ0v) is 26.7. The molecule has 0 spiro atoms. The highest BCUT2D eigenvalue weighted by molar-refractivity contribution is 7.22. The van der Waals surface area contributed by atoms with Crippen molar-refractivity contribution >= 4 is 39.2 Å². The summed E-state index contributed by atoms with van der Waals surface area (Å²) in [6.45, 7) is 6.75. The number of ether oxygens (including phenoxy) is 1. The number of urea groups is 1. The molecule has 2 aliphatic heterocycles. The molecule has 240 valence electrons. The van der Waals surface area contributed by atoms with Gasteiger partial charge in [0.1, 0.15) is 5.75 Å². The van der Waals surface area contributed by atoms with Crippen molar-refractivity contribution in [1.82, 2.24) is 30.0 Å². The lowest BCUT2D eigenvalue weighted by Crippen LogP contribution is -2.50. The second kappa shape index (κ2) is 13.3. The lowest BCUT2D eigenvalue weighted by atomic mass is 9.96. The van der Waals surface area contributed by atoms with Crippen LogP contribution in [0.4, 0.5) is 14.9 Å². The van der Waals surface area contributed by atoms with Crippen LogP contribution in [0.15, 0.2) is 54.9 Å². The summed E-state index contributed by atoms with van der Waals surface area (Å²) in [5.74, 6) is 0.683. The number of hydrogen-bond acceptors (Lipinski definition) is 8. The predicted octanol–water partition coefficient (Wildman–Crippen LogP) is 5.67. The van der Waals surface area contributed by atoms with E-state index in [1.165, 1.54) is 49.4 Å². The Hall–Kier alpha value is -4.13. The van der Waals surface area contributed by atoms with Gasteiger partial charge in [0.25, 0.3) is 5.91 Å². The Balaban J connectivity index is 0.975. The maximum atomic E-state index is 14.9. The Bertz CT molecular complexity index is 1710. The quantitative estimate of drug-likeness (QED) is 0.255. The molecule has 5 heterocycles. The number of nitrogens with one attached hydrogen (secondary N) is 2. The fraction of sp³-hybridized carbons (Fsp3) is 0.412. The van der Waals surface area contributed by atoms with Gasteiger partial charge in [-0.3, -0.25) is 19.7 Å². The molecule has 3 fully saturated rings. The van der Waals surface area contributed by atoms with E-state index in [2.05, 4.69) is 37.4 Å². The van der Waals surface area contributed by atoms with Crippen molar-refractivity contribution in [3.63, 3.8) is 0 Å². The molecule has 1 aliphatic carbocycles. The topological polar surface area (TPSA) is 103 Å². The summed E-state index contributed by atoms with van der Waals surface area (Å²) in [6, 6.07) is 11.5. The Morgan fingerprint density at radius 2 is 1.76 bits per heavy atom. The van der Waals surface area contributed by atoms with E-state index >= 15 is 0 Å². The number of benzene rings is 1. The summed E-state index contributed by atoms with van der Waals surface area (Å²) in [4.78, 5) is 42.1. The number of carbonyl (C=O) groups is 2. The van der Waals surface area contributed by atoms with Gasteiger partial charge in [0.15, 0.2) is 11.6 Å². The van der Waals surface area contributed by atoms with E-state index < -0.39 is 5.82 Å². The lowest BCUT2D eigenvalue weighted by molar-refractivity contribution is 0.0594. The molecule has 0 unspecified atom stereocenters. The van der Waals surface area contributed by atoms with Crippen LogP contribution < -0.4 is 15.4 Å². The summed E-state index contributed by atoms with van der Waals surface area (Å²) < 4.78 is 21.7. The molecule has 3 aromatic heterocycles. The largest absolute Gasteiger partial charge is 0.453 e. The average Bonchev–Trinajstić information content (AvgIpc) is 3.76. The van der Waals surface area contributed by atoms with Crippen LogP contribution in [0.25, 0.3) is 20.8 Å². The first-order valence-electron chi connectivity index (χ1n) is 16.0. The number of fused-ring (bicyclic) bond motifs is 1. The first kappa shape index (κ1) is 30.5. The fourth-order valence-corrected chi connectivity index (χ4v) is 7.12. The Morgan fingerprint density at radius 1 is 0.957 bits per heavy atom. The van der Waals surface area contributed by atoms with Crippen LogP contribution in [0.3, 0.4) is 0 Å². The Kier molecular flexibility index (Phi) is 8.83. The van der Waals surface area contributed by atoms with E-state index in [0.29, 0.717) is 22.5 Å². The first-order chi connectivity index (χ1) is 22.4. The molecule has 3 amide bonds. The van der Waals surface area contributed by atoms with Crippen molar-refractivity contribution in [2.75, 3.05) is 58.2 Å². The summed E-state index contributed by atoms with van der Waals surface area (Å²) in [7, 11) is 2.19. The molecule has 0 bridgehead atoms. The summed E-state index contributed by atoms with van der Waals surface area (Å²) >= 11 is 1.44. The second-order valence-corrected chi connectivity index (χ2v) is 13.6. The van der Waals surface area contributed by atoms with E-state index in [4.69, 9.17) is 4.74 Å². The van der Waals surface area contributed by atoms with Crippen molar-refractivity contribution in [1.29, 1.82) is 0 Å². The number of piperazine rings is 1. The maximum absolute atomic E-state index is 14.9. The van der Waals surface area contributed by atoms with Crippen molar-refractivity contribution in [3.05, 3.63) is 66.2 Å². The van der Waals surface area contributed by atoms with Gasteiger partial charge in [-0.2, -0.15) is 0 Å². The van der Waals surface area contributed by atoms with E-state index in [1.54, 1.807) is 24.5 Å². The smallest absolute Gasteiger partial charge is 0.319 e. The molecule has 4 aromatic rings. The third-order valence-corrected chi connectivity index (χ3v) is 10.1. The number of likely N-dealkylation sites (tertiary alicyclic amines) is 1. The molecule has 10 nitrogen and oxygen atoms in total. The second-order valence-electron chi connectivity index (χ2n) is 12.5. The molecule has 2 N–H and O–H groups in total. The number of nitrogens with zero attached hydrogens (tertiary/aromatic N) is 5. The highest BCUT2D eigenvalue weighted by Crippen LogP contribution is 2.39. The molecule has 46 heavy (non-hydrogen) atoms. The minimum Gasteiger partial charge on any atom is -0.453 e. The Morgan fingerprint density at radius 3 is 2.48 bits per heavy atom. The monoisotopic (exact) mass is 643 g/mol. The number of amides is 3. The molecular formula is C34H38FN7O3S. The van der Waals surface area contributed by atoms with Crippen LogP contribution in [0.5, 0.6) is 11.5 Å². The number of aromatic nitrogens is 2. The van der Waals surface area contributed by atoms with Gasteiger partial charge in [0, 0.05) is 69.0 Å². The van der Waals surface area contributed by atoms with E-state index in [9.17, 15) is 14.0 Å². The zero-order valence-electron chi connectivity index (χ0n) is 25.9. The van der Waals surface area contributed by atoms with Crippen LogP contribution in [-0.4, -0.2) is 95.5 Å². The fourth-order valence-electron chi connectivity index (χ4n) is 6.07. The normalized spacial score (nSPS) is 18.1. The SMILES string of the molecule is CN1CCC(CN2CCN(C(=O)c3ccc(-c4cc5nccc(Oc6ccc(NC(=O)NC7CC7)cc6F)c5s4)nc3)CC2)CC1. The molecule has 1 saturated carbocycles. The minimum absolute atomic E-state index is 0.0125. The van der Waals surface area contributed by atoms with Gasteiger partial charge in [-0.05, 0) is 82.1 Å².